The Morgan fingerprint density at radius 2 is 1.81 bits per heavy atom. The highest BCUT2D eigenvalue weighted by Crippen LogP contribution is 2.32. The summed E-state index contributed by atoms with van der Waals surface area (Å²) >= 11 is 0. The van der Waals surface area contributed by atoms with E-state index < -0.39 is 11.7 Å². The monoisotopic (exact) mass is 291 g/mol. The highest BCUT2D eigenvalue weighted by molar-refractivity contribution is 5.94. The fourth-order valence-electron chi connectivity index (χ4n) is 2.54. The number of methoxy groups -OCH3 is 1. The van der Waals surface area contributed by atoms with Crippen molar-refractivity contribution in [2.24, 2.45) is 0 Å². The lowest BCUT2D eigenvalue weighted by Crippen LogP contribution is -2.27. The van der Waals surface area contributed by atoms with Gasteiger partial charge in [-0.2, -0.15) is 0 Å². The Bertz CT molecular complexity index is 572. The zero-order chi connectivity index (χ0) is 15.6. The summed E-state index contributed by atoms with van der Waals surface area (Å²) < 4.78 is 10.1. The van der Waals surface area contributed by atoms with Crippen molar-refractivity contribution in [3.8, 4) is 0 Å². The van der Waals surface area contributed by atoms with Crippen LogP contribution in [-0.4, -0.2) is 24.8 Å². The van der Waals surface area contributed by atoms with Crippen molar-refractivity contribution in [1.82, 2.24) is 0 Å². The zero-order valence-corrected chi connectivity index (χ0v) is 12.9. The fraction of sp³-hybridized carbons (Fsp3) is 0.500. The average molecular weight is 291 g/mol. The molecule has 2 rings (SSSR count). The van der Waals surface area contributed by atoms with Crippen LogP contribution in [-0.2, 0) is 22.3 Å². The summed E-state index contributed by atoms with van der Waals surface area (Å²) in [7, 11) is 1.37. The minimum absolute atomic E-state index is 0.336. The highest BCUT2D eigenvalue weighted by atomic mass is 16.6. The van der Waals surface area contributed by atoms with E-state index in [0.717, 1.165) is 30.4 Å². The Balaban J connectivity index is 2.25. The summed E-state index contributed by atoms with van der Waals surface area (Å²) in [6.45, 7) is 5.45. The first-order valence-electron chi connectivity index (χ1n) is 7.05. The molecule has 0 saturated carbocycles. The average Bonchev–Trinajstić information content (AvgIpc) is 2.85. The molecule has 0 aliphatic heterocycles. The maximum absolute atomic E-state index is 11.9. The second-order valence-corrected chi connectivity index (χ2v) is 6.09. The van der Waals surface area contributed by atoms with Crippen LogP contribution in [0.2, 0.25) is 0 Å². The van der Waals surface area contributed by atoms with Gasteiger partial charge >= 0.3 is 12.1 Å². The van der Waals surface area contributed by atoms with E-state index in [1.807, 2.05) is 20.8 Å². The first-order valence-corrected chi connectivity index (χ1v) is 7.05. The van der Waals surface area contributed by atoms with Crippen LogP contribution in [0.15, 0.2) is 12.1 Å². The van der Waals surface area contributed by atoms with Crippen molar-refractivity contribution in [1.29, 1.82) is 0 Å². The number of benzene rings is 1. The standard InChI is InChI=1S/C16H21NO4/c1-16(2,3)21-15(19)17-13-9-8-12(14(18)20-4)10-6-5-7-11(10)13/h8-9H,5-7H2,1-4H3,(H,17,19). The van der Waals surface area contributed by atoms with E-state index in [2.05, 4.69) is 5.32 Å². The minimum Gasteiger partial charge on any atom is -0.465 e. The second kappa shape index (κ2) is 5.76. The number of carbonyl (C=O) groups is 2. The van der Waals surface area contributed by atoms with Gasteiger partial charge in [-0.3, -0.25) is 5.32 Å². The van der Waals surface area contributed by atoms with E-state index in [1.54, 1.807) is 12.1 Å². The third kappa shape index (κ3) is 3.54. The third-order valence-corrected chi connectivity index (χ3v) is 3.33. The molecule has 0 aromatic heterocycles. The molecule has 0 heterocycles. The lowest BCUT2D eigenvalue weighted by Gasteiger charge is -2.20. The molecule has 114 valence electrons. The van der Waals surface area contributed by atoms with Crippen molar-refractivity contribution >= 4 is 17.7 Å². The van der Waals surface area contributed by atoms with Gasteiger partial charge in [-0.1, -0.05) is 0 Å². The molecule has 21 heavy (non-hydrogen) atoms. The number of hydrogen-bond acceptors (Lipinski definition) is 4. The predicted molar refractivity (Wildman–Crippen MR) is 79.7 cm³/mol. The molecule has 0 radical (unpaired) electrons. The summed E-state index contributed by atoms with van der Waals surface area (Å²) in [5.41, 5.74) is 2.72. The molecule has 0 spiro atoms. The summed E-state index contributed by atoms with van der Waals surface area (Å²) in [5, 5.41) is 2.77. The lowest BCUT2D eigenvalue weighted by atomic mass is 10.0. The fourth-order valence-corrected chi connectivity index (χ4v) is 2.54. The molecule has 1 N–H and O–H groups in total. The van der Waals surface area contributed by atoms with Crippen LogP contribution in [0.3, 0.4) is 0 Å². The van der Waals surface area contributed by atoms with E-state index in [4.69, 9.17) is 9.47 Å². The number of carbonyl (C=O) groups excluding carboxylic acids is 2. The molecular formula is C16H21NO4. The van der Waals surface area contributed by atoms with E-state index in [-0.39, 0.29) is 5.97 Å². The molecule has 1 amide bonds. The van der Waals surface area contributed by atoms with Crippen LogP contribution in [0.5, 0.6) is 0 Å². The molecule has 1 aromatic rings. The minimum atomic E-state index is -0.542. The van der Waals surface area contributed by atoms with Gasteiger partial charge in [0.1, 0.15) is 5.60 Å². The van der Waals surface area contributed by atoms with Crippen LogP contribution < -0.4 is 5.32 Å². The van der Waals surface area contributed by atoms with E-state index in [1.165, 1.54) is 7.11 Å². The van der Waals surface area contributed by atoms with E-state index in [9.17, 15) is 9.59 Å². The van der Waals surface area contributed by atoms with Crippen LogP contribution >= 0.6 is 0 Å². The molecule has 1 aliphatic carbocycles. The Labute approximate surface area is 124 Å². The summed E-state index contributed by atoms with van der Waals surface area (Å²) in [4.78, 5) is 23.6. The van der Waals surface area contributed by atoms with Gasteiger partial charge in [0.15, 0.2) is 0 Å². The van der Waals surface area contributed by atoms with Gasteiger partial charge in [0, 0.05) is 5.69 Å². The smallest absolute Gasteiger partial charge is 0.412 e. The summed E-state index contributed by atoms with van der Waals surface area (Å²) in [5.74, 6) is -0.336. The molecule has 1 aliphatic rings. The molecule has 0 fully saturated rings. The zero-order valence-electron chi connectivity index (χ0n) is 12.9. The molecular weight excluding hydrogens is 270 g/mol. The van der Waals surface area contributed by atoms with Gasteiger partial charge in [-0.05, 0) is 63.3 Å². The van der Waals surface area contributed by atoms with Gasteiger partial charge in [0.05, 0.1) is 12.7 Å². The number of anilines is 1. The SMILES string of the molecule is COC(=O)c1ccc(NC(=O)OC(C)(C)C)c2c1CCC2. The van der Waals surface area contributed by atoms with Crippen molar-refractivity contribution < 1.29 is 19.1 Å². The van der Waals surface area contributed by atoms with Gasteiger partial charge in [0.25, 0.3) is 0 Å². The van der Waals surface area contributed by atoms with Crippen LogP contribution in [0.25, 0.3) is 0 Å². The molecule has 0 unspecified atom stereocenters. The topological polar surface area (TPSA) is 64.6 Å². The Morgan fingerprint density at radius 1 is 1.14 bits per heavy atom. The maximum Gasteiger partial charge on any atom is 0.412 e. The number of amides is 1. The van der Waals surface area contributed by atoms with Gasteiger partial charge in [-0.25, -0.2) is 9.59 Å². The highest BCUT2D eigenvalue weighted by Gasteiger charge is 2.24. The lowest BCUT2D eigenvalue weighted by molar-refractivity contribution is 0.0598. The first-order chi connectivity index (χ1) is 9.81. The molecule has 0 saturated heterocycles. The van der Waals surface area contributed by atoms with E-state index in [0.29, 0.717) is 11.3 Å². The van der Waals surface area contributed by atoms with Crippen LogP contribution in [0.4, 0.5) is 10.5 Å². The number of esters is 1. The summed E-state index contributed by atoms with van der Waals surface area (Å²) in [6, 6.07) is 3.43. The van der Waals surface area contributed by atoms with Gasteiger partial charge in [-0.15, -0.1) is 0 Å². The van der Waals surface area contributed by atoms with E-state index >= 15 is 0 Å². The normalized spacial score (nSPS) is 13.5. The number of ether oxygens (including phenoxy) is 2. The molecule has 0 atom stereocenters. The molecule has 5 nitrogen and oxygen atoms in total. The van der Waals surface area contributed by atoms with Crippen LogP contribution in [0.1, 0.15) is 48.7 Å². The number of nitrogens with one attached hydrogen (secondary N) is 1. The molecule has 0 bridgehead atoms. The number of hydrogen-bond donors (Lipinski definition) is 1. The second-order valence-electron chi connectivity index (χ2n) is 6.09. The maximum atomic E-state index is 11.9. The summed E-state index contributed by atoms with van der Waals surface area (Å²) in [6.07, 6.45) is 2.14. The Kier molecular flexibility index (Phi) is 4.21. The Hall–Kier alpha value is -2.04. The van der Waals surface area contributed by atoms with Crippen LogP contribution in [0, 0.1) is 0 Å². The Morgan fingerprint density at radius 3 is 2.43 bits per heavy atom. The molecule has 1 aromatic carbocycles. The predicted octanol–water partition coefficient (Wildman–Crippen LogP) is 3.31. The molecule has 5 heteroatoms. The number of fused-ring (bicyclic) bond motifs is 1. The largest absolute Gasteiger partial charge is 0.465 e. The quantitative estimate of drug-likeness (QED) is 0.849. The number of rotatable bonds is 2. The third-order valence-electron chi connectivity index (χ3n) is 3.33. The first kappa shape index (κ1) is 15.4. The van der Waals surface area contributed by atoms with Gasteiger partial charge in [0.2, 0.25) is 0 Å². The van der Waals surface area contributed by atoms with Crippen molar-refractivity contribution in [2.75, 3.05) is 12.4 Å². The van der Waals surface area contributed by atoms with Crippen molar-refractivity contribution in [3.63, 3.8) is 0 Å². The van der Waals surface area contributed by atoms with Crippen molar-refractivity contribution in [2.45, 2.75) is 45.6 Å². The van der Waals surface area contributed by atoms with Gasteiger partial charge < -0.3 is 9.47 Å². The van der Waals surface area contributed by atoms with Crippen molar-refractivity contribution in [3.05, 3.63) is 28.8 Å².